The number of aromatic nitrogens is 2. The molecule has 0 radical (unpaired) electrons. The van der Waals surface area contributed by atoms with Gasteiger partial charge >= 0.3 is 6.03 Å². The number of carbonyl (C=O) groups excluding carboxylic acids is 2. The van der Waals surface area contributed by atoms with Crippen LogP contribution in [0.1, 0.15) is 27.5 Å². The maximum atomic E-state index is 14.0. The van der Waals surface area contributed by atoms with Gasteiger partial charge in [-0.05, 0) is 36.8 Å². The van der Waals surface area contributed by atoms with Gasteiger partial charge in [-0.1, -0.05) is 24.3 Å². The highest BCUT2D eigenvalue weighted by molar-refractivity contribution is 5.96. The lowest BCUT2D eigenvalue weighted by atomic mass is 9.94. The molecule has 3 aromatic rings. The lowest BCUT2D eigenvalue weighted by Crippen LogP contribution is -2.42. The third-order valence-corrected chi connectivity index (χ3v) is 6.28. The molecule has 9 nitrogen and oxygen atoms in total. The normalized spacial score (nSPS) is 17.8. The van der Waals surface area contributed by atoms with E-state index in [1.54, 1.807) is 38.3 Å². The number of nitrogens with two attached hydrogens (primary N) is 1. The molecule has 1 aliphatic rings. The minimum absolute atomic E-state index is 0.0421. The maximum Gasteiger partial charge on any atom is 0.320 e. The number of hydrogen-bond acceptors (Lipinski definition) is 5. The molecule has 2 aromatic carbocycles. The molecule has 2 heterocycles. The summed E-state index contributed by atoms with van der Waals surface area (Å²) in [4.78, 5) is 27.1. The van der Waals surface area contributed by atoms with Gasteiger partial charge in [0.05, 0.1) is 18.3 Å². The summed E-state index contributed by atoms with van der Waals surface area (Å²) in [7, 11) is 1.60. The fourth-order valence-electron chi connectivity index (χ4n) is 4.46. The van der Waals surface area contributed by atoms with Crippen molar-refractivity contribution >= 4 is 17.8 Å². The molecular weight excluding hydrogens is 470 g/mol. The number of amides is 3. The molecule has 3 amide bonds. The van der Waals surface area contributed by atoms with E-state index in [0.29, 0.717) is 48.9 Å². The zero-order valence-electron chi connectivity index (χ0n) is 20.0. The van der Waals surface area contributed by atoms with Gasteiger partial charge in [0, 0.05) is 38.2 Å². The predicted octanol–water partition coefficient (Wildman–Crippen LogP) is 2.79. The average Bonchev–Trinajstić information content (AvgIpc) is 3.41. The van der Waals surface area contributed by atoms with E-state index in [1.165, 1.54) is 16.8 Å². The number of anilines is 1. The summed E-state index contributed by atoms with van der Waals surface area (Å²) >= 11 is 0. The van der Waals surface area contributed by atoms with E-state index in [9.17, 15) is 18.4 Å². The fourth-order valence-corrected chi connectivity index (χ4v) is 4.46. The minimum Gasteiger partial charge on any atom is -0.383 e. The van der Waals surface area contributed by atoms with Crippen LogP contribution in [-0.4, -0.2) is 66.0 Å². The molecule has 1 fully saturated rings. The number of nitrogens with one attached hydrogen (secondary N) is 2. The van der Waals surface area contributed by atoms with Crippen LogP contribution in [0.2, 0.25) is 0 Å². The zero-order valence-corrected chi connectivity index (χ0v) is 20.0. The number of nitrogens with zero attached hydrogens (tertiary/aromatic N) is 3. The molecule has 1 saturated heterocycles. The Hall–Kier alpha value is -3.83. The molecule has 4 N–H and O–H groups in total. The molecule has 190 valence electrons. The van der Waals surface area contributed by atoms with Gasteiger partial charge in [-0.2, -0.15) is 5.10 Å². The van der Waals surface area contributed by atoms with E-state index in [4.69, 9.17) is 10.5 Å². The number of methoxy groups -OCH3 is 1. The number of carbonyl (C=O) groups is 2. The van der Waals surface area contributed by atoms with Crippen molar-refractivity contribution in [1.29, 1.82) is 0 Å². The van der Waals surface area contributed by atoms with Crippen LogP contribution in [0.4, 0.5) is 19.4 Å². The third kappa shape index (κ3) is 5.37. The van der Waals surface area contributed by atoms with Crippen LogP contribution in [-0.2, 0) is 4.74 Å². The summed E-state index contributed by atoms with van der Waals surface area (Å²) < 4.78 is 34.1. The quantitative estimate of drug-likeness (QED) is 0.442. The zero-order chi connectivity index (χ0) is 25.8. The summed E-state index contributed by atoms with van der Waals surface area (Å²) in [6, 6.07) is 11.9. The molecular formula is C25H28F2N6O3. The number of halogens is 2. The summed E-state index contributed by atoms with van der Waals surface area (Å²) in [6.45, 7) is 3.79. The Kier molecular flexibility index (Phi) is 7.61. The number of para-hydroxylation sites is 1. The van der Waals surface area contributed by atoms with Crippen LogP contribution in [0.15, 0.2) is 48.5 Å². The van der Waals surface area contributed by atoms with Crippen molar-refractivity contribution in [3.63, 3.8) is 0 Å². The van der Waals surface area contributed by atoms with E-state index in [-0.39, 0.29) is 11.6 Å². The average molecular weight is 499 g/mol. The Balaban J connectivity index is 1.58. The van der Waals surface area contributed by atoms with Crippen molar-refractivity contribution < 1.29 is 23.1 Å². The first-order chi connectivity index (χ1) is 17.3. The van der Waals surface area contributed by atoms with Crippen LogP contribution in [0.5, 0.6) is 0 Å². The van der Waals surface area contributed by atoms with Gasteiger partial charge in [-0.15, -0.1) is 0 Å². The highest BCUT2D eigenvalue weighted by Crippen LogP contribution is 2.29. The lowest BCUT2D eigenvalue weighted by molar-refractivity contribution is 0.0994. The Morgan fingerprint density at radius 2 is 1.89 bits per heavy atom. The number of hydrogen-bond donors (Lipinski definition) is 3. The van der Waals surface area contributed by atoms with Crippen molar-refractivity contribution in [2.75, 3.05) is 38.7 Å². The first-order valence-electron chi connectivity index (χ1n) is 11.5. The highest BCUT2D eigenvalue weighted by atomic mass is 19.2. The number of benzene rings is 2. The lowest BCUT2D eigenvalue weighted by Gasteiger charge is -2.21. The molecule has 0 unspecified atom stereocenters. The van der Waals surface area contributed by atoms with Gasteiger partial charge in [-0.25, -0.2) is 18.3 Å². The summed E-state index contributed by atoms with van der Waals surface area (Å²) in [5.41, 5.74) is 7.17. The first-order valence-corrected chi connectivity index (χ1v) is 11.5. The maximum absolute atomic E-state index is 14.0. The second-order valence-electron chi connectivity index (χ2n) is 8.67. The van der Waals surface area contributed by atoms with E-state index in [1.807, 2.05) is 6.07 Å². The number of ether oxygens (including phenoxy) is 1. The second-order valence-corrected chi connectivity index (χ2v) is 8.67. The molecule has 2 atom stereocenters. The molecule has 11 heteroatoms. The van der Waals surface area contributed by atoms with Crippen LogP contribution in [0.3, 0.4) is 0 Å². The Labute approximate surface area is 207 Å². The standard InChI is InChI=1S/C25H28F2N6O3/c1-15-22(23(28)34)31-33(17-6-4-3-5-7-17)24(15)30-25(35)29-21-14-32(10-11-36-2)13-18(21)16-8-9-19(26)20(27)12-16/h3-9,12,18,21H,10-11,13-14H2,1-2H3,(H2,28,34)(H2,29,30,35)/t18-,21+/m0/s1. The van der Waals surface area contributed by atoms with E-state index < -0.39 is 29.6 Å². The summed E-state index contributed by atoms with van der Waals surface area (Å²) in [5.74, 6) is -2.55. The van der Waals surface area contributed by atoms with Crippen LogP contribution >= 0.6 is 0 Å². The Morgan fingerprint density at radius 3 is 2.56 bits per heavy atom. The Bertz CT molecular complexity index is 1250. The Morgan fingerprint density at radius 1 is 1.14 bits per heavy atom. The first kappa shape index (κ1) is 25.3. The molecule has 0 bridgehead atoms. The number of urea groups is 1. The van der Waals surface area contributed by atoms with Gasteiger partial charge in [0.15, 0.2) is 17.3 Å². The van der Waals surface area contributed by atoms with Gasteiger partial charge in [0.25, 0.3) is 5.91 Å². The SMILES string of the molecule is COCCN1C[C@@H](NC(=O)Nc2c(C)c(C(N)=O)nn2-c2ccccc2)[C@H](c2ccc(F)c(F)c2)C1. The highest BCUT2D eigenvalue weighted by Gasteiger charge is 2.35. The molecule has 0 spiro atoms. The van der Waals surface area contributed by atoms with Crippen molar-refractivity contribution in [2.24, 2.45) is 5.73 Å². The fraction of sp³-hybridized carbons (Fsp3) is 0.320. The molecule has 36 heavy (non-hydrogen) atoms. The van der Waals surface area contributed by atoms with Gasteiger partial charge in [0.1, 0.15) is 5.82 Å². The van der Waals surface area contributed by atoms with Crippen molar-refractivity contribution in [3.05, 3.63) is 77.0 Å². The third-order valence-electron chi connectivity index (χ3n) is 6.28. The van der Waals surface area contributed by atoms with Crippen molar-refractivity contribution in [3.8, 4) is 5.69 Å². The topological polar surface area (TPSA) is 115 Å². The van der Waals surface area contributed by atoms with Crippen LogP contribution < -0.4 is 16.4 Å². The summed E-state index contributed by atoms with van der Waals surface area (Å²) in [6.07, 6.45) is 0. The second kappa shape index (κ2) is 10.8. The van der Waals surface area contributed by atoms with Gasteiger partial charge < -0.3 is 15.8 Å². The monoisotopic (exact) mass is 498 g/mol. The van der Waals surface area contributed by atoms with E-state index >= 15 is 0 Å². The molecule has 0 aliphatic carbocycles. The van der Waals surface area contributed by atoms with Crippen LogP contribution in [0, 0.1) is 18.6 Å². The predicted molar refractivity (Wildman–Crippen MR) is 130 cm³/mol. The van der Waals surface area contributed by atoms with Gasteiger partial charge in [-0.3, -0.25) is 15.0 Å². The molecule has 1 aliphatic heterocycles. The number of likely N-dealkylation sites (tertiary alicyclic amines) is 1. The van der Waals surface area contributed by atoms with Crippen LogP contribution in [0.25, 0.3) is 5.69 Å². The number of rotatable bonds is 8. The van der Waals surface area contributed by atoms with Crippen molar-refractivity contribution in [1.82, 2.24) is 20.0 Å². The largest absolute Gasteiger partial charge is 0.383 e. The van der Waals surface area contributed by atoms with E-state index in [0.717, 1.165) is 6.07 Å². The molecule has 4 rings (SSSR count). The van der Waals surface area contributed by atoms with Gasteiger partial charge in [0.2, 0.25) is 0 Å². The van der Waals surface area contributed by atoms with E-state index in [2.05, 4.69) is 20.6 Å². The minimum atomic E-state index is -0.938. The summed E-state index contributed by atoms with van der Waals surface area (Å²) in [5, 5.41) is 10.0. The van der Waals surface area contributed by atoms with Crippen molar-refractivity contribution in [2.45, 2.75) is 18.9 Å². The number of primary amides is 1. The molecule has 1 aromatic heterocycles. The molecule has 0 saturated carbocycles. The smallest absolute Gasteiger partial charge is 0.320 e.